The Labute approximate surface area is 104 Å². The summed E-state index contributed by atoms with van der Waals surface area (Å²) in [6.07, 6.45) is -0.449. The van der Waals surface area contributed by atoms with Crippen LogP contribution in [0.3, 0.4) is 0 Å². The standard InChI is InChI=1S/C11H17NO4S/c1-16-7-8(13)5-12-6-10-3-2-9(17-10)4-11(14)15/h2-3,8,12-13H,4-7H2,1H3,(H,14,15). The van der Waals surface area contributed by atoms with E-state index in [0.717, 1.165) is 9.75 Å². The highest BCUT2D eigenvalue weighted by atomic mass is 32.1. The number of rotatable bonds is 8. The minimum atomic E-state index is -0.818. The van der Waals surface area contributed by atoms with E-state index in [4.69, 9.17) is 9.84 Å². The third kappa shape index (κ3) is 5.78. The zero-order valence-corrected chi connectivity index (χ0v) is 10.5. The number of carboxylic acids is 1. The Kier molecular flexibility index (Phi) is 6.13. The van der Waals surface area contributed by atoms with E-state index in [-0.39, 0.29) is 6.42 Å². The Morgan fingerprint density at radius 1 is 1.53 bits per heavy atom. The highest BCUT2D eigenvalue weighted by Gasteiger charge is 2.06. The fraction of sp³-hybridized carbons (Fsp3) is 0.545. The number of methoxy groups -OCH3 is 1. The highest BCUT2D eigenvalue weighted by molar-refractivity contribution is 7.12. The van der Waals surface area contributed by atoms with E-state index in [2.05, 4.69) is 5.32 Å². The number of aliphatic hydroxyl groups is 1. The number of carbonyl (C=O) groups is 1. The molecule has 0 radical (unpaired) electrons. The van der Waals surface area contributed by atoms with Gasteiger partial charge in [-0.25, -0.2) is 0 Å². The Bertz CT molecular complexity index is 353. The fourth-order valence-electron chi connectivity index (χ4n) is 1.37. The first-order valence-electron chi connectivity index (χ1n) is 5.29. The molecule has 1 unspecified atom stereocenters. The molecule has 0 aliphatic carbocycles. The molecule has 1 aromatic rings. The summed E-state index contributed by atoms with van der Waals surface area (Å²) in [6.45, 7) is 1.40. The minimum absolute atomic E-state index is 0.0664. The molecule has 3 N–H and O–H groups in total. The summed E-state index contributed by atoms with van der Waals surface area (Å²) in [5.41, 5.74) is 0. The van der Waals surface area contributed by atoms with Crippen LogP contribution in [0, 0.1) is 0 Å². The first-order valence-corrected chi connectivity index (χ1v) is 6.10. The van der Waals surface area contributed by atoms with Crippen LogP contribution in [0.15, 0.2) is 12.1 Å². The molecule has 1 aromatic heterocycles. The lowest BCUT2D eigenvalue weighted by Gasteiger charge is -2.09. The van der Waals surface area contributed by atoms with Crippen LogP contribution in [0.1, 0.15) is 9.75 Å². The maximum atomic E-state index is 10.5. The van der Waals surface area contributed by atoms with Gasteiger partial charge < -0.3 is 20.3 Å². The number of carboxylic acid groups (broad SMARTS) is 1. The van der Waals surface area contributed by atoms with Crippen molar-refractivity contribution in [2.75, 3.05) is 20.3 Å². The first-order chi connectivity index (χ1) is 8.11. The maximum Gasteiger partial charge on any atom is 0.308 e. The Hall–Kier alpha value is -0.950. The largest absolute Gasteiger partial charge is 0.481 e. The Balaban J connectivity index is 2.27. The van der Waals surface area contributed by atoms with Gasteiger partial charge in [-0.05, 0) is 12.1 Å². The van der Waals surface area contributed by atoms with Crippen molar-refractivity contribution in [2.24, 2.45) is 0 Å². The van der Waals surface area contributed by atoms with Crippen molar-refractivity contribution < 1.29 is 19.7 Å². The van der Waals surface area contributed by atoms with E-state index < -0.39 is 12.1 Å². The number of aliphatic carboxylic acids is 1. The fourth-order valence-corrected chi connectivity index (χ4v) is 2.35. The molecule has 0 amide bonds. The molecule has 17 heavy (non-hydrogen) atoms. The third-order valence-electron chi connectivity index (χ3n) is 2.08. The van der Waals surface area contributed by atoms with Crippen LogP contribution < -0.4 is 5.32 Å². The lowest BCUT2D eigenvalue weighted by Crippen LogP contribution is -2.29. The molecular formula is C11H17NO4S. The molecule has 0 saturated carbocycles. The monoisotopic (exact) mass is 259 g/mol. The van der Waals surface area contributed by atoms with Gasteiger partial charge in [0.2, 0.25) is 0 Å². The lowest BCUT2D eigenvalue weighted by atomic mass is 10.3. The van der Waals surface area contributed by atoms with E-state index in [1.54, 1.807) is 7.11 Å². The molecule has 0 aromatic carbocycles. The number of aliphatic hydroxyl groups excluding tert-OH is 1. The molecule has 0 fully saturated rings. The van der Waals surface area contributed by atoms with Gasteiger partial charge in [-0.2, -0.15) is 0 Å². The van der Waals surface area contributed by atoms with Crippen LogP contribution in [-0.4, -0.2) is 42.5 Å². The minimum Gasteiger partial charge on any atom is -0.481 e. The molecule has 1 heterocycles. The molecule has 0 spiro atoms. The van der Waals surface area contributed by atoms with Crippen LogP contribution in [0.2, 0.25) is 0 Å². The maximum absolute atomic E-state index is 10.5. The third-order valence-corrected chi connectivity index (χ3v) is 3.17. The SMILES string of the molecule is COCC(O)CNCc1ccc(CC(=O)O)s1. The molecule has 1 rings (SSSR count). The van der Waals surface area contributed by atoms with Gasteiger partial charge in [0.1, 0.15) is 0 Å². The predicted octanol–water partition coefficient (Wildman–Crippen LogP) is 0.472. The van der Waals surface area contributed by atoms with Gasteiger partial charge in [-0.15, -0.1) is 11.3 Å². The van der Waals surface area contributed by atoms with Gasteiger partial charge in [0.25, 0.3) is 0 Å². The number of hydrogen-bond acceptors (Lipinski definition) is 5. The van der Waals surface area contributed by atoms with Crippen LogP contribution in [0.25, 0.3) is 0 Å². The predicted molar refractivity (Wildman–Crippen MR) is 65.2 cm³/mol. The summed E-state index contributed by atoms with van der Waals surface area (Å²) in [6, 6.07) is 3.72. The summed E-state index contributed by atoms with van der Waals surface area (Å²) in [5, 5.41) is 21.1. The number of ether oxygens (including phenoxy) is 1. The summed E-state index contributed by atoms with van der Waals surface area (Å²) in [7, 11) is 1.54. The Morgan fingerprint density at radius 2 is 2.24 bits per heavy atom. The zero-order valence-electron chi connectivity index (χ0n) is 9.68. The molecule has 96 valence electrons. The second-order valence-corrected chi connectivity index (χ2v) is 4.93. The van der Waals surface area contributed by atoms with Gasteiger partial charge >= 0.3 is 5.97 Å². The van der Waals surface area contributed by atoms with Crippen molar-refractivity contribution in [1.82, 2.24) is 5.32 Å². The second-order valence-electron chi connectivity index (χ2n) is 3.68. The van der Waals surface area contributed by atoms with E-state index >= 15 is 0 Å². The molecule has 0 saturated heterocycles. The van der Waals surface area contributed by atoms with Crippen molar-refractivity contribution >= 4 is 17.3 Å². The van der Waals surface area contributed by atoms with E-state index in [1.165, 1.54) is 11.3 Å². The van der Waals surface area contributed by atoms with Gasteiger partial charge in [-0.3, -0.25) is 4.79 Å². The summed E-state index contributed by atoms with van der Waals surface area (Å²) in [4.78, 5) is 12.4. The quantitative estimate of drug-likeness (QED) is 0.632. The number of hydrogen-bond donors (Lipinski definition) is 3. The van der Waals surface area contributed by atoms with Crippen molar-refractivity contribution in [2.45, 2.75) is 19.1 Å². The number of nitrogens with one attached hydrogen (secondary N) is 1. The molecular weight excluding hydrogens is 242 g/mol. The molecule has 1 atom stereocenters. The van der Waals surface area contributed by atoms with Crippen LogP contribution in [0.4, 0.5) is 0 Å². The molecule has 6 heteroatoms. The summed E-state index contributed by atoms with van der Waals surface area (Å²) in [5.74, 6) is -0.818. The average Bonchev–Trinajstić information content (AvgIpc) is 2.65. The van der Waals surface area contributed by atoms with E-state index in [0.29, 0.717) is 19.7 Å². The number of thiophene rings is 1. The molecule has 0 aliphatic heterocycles. The zero-order chi connectivity index (χ0) is 12.7. The van der Waals surface area contributed by atoms with Crippen LogP contribution >= 0.6 is 11.3 Å². The van der Waals surface area contributed by atoms with Crippen molar-refractivity contribution in [3.8, 4) is 0 Å². The van der Waals surface area contributed by atoms with Gasteiger partial charge in [0, 0.05) is 30.0 Å². The molecule has 0 bridgehead atoms. The lowest BCUT2D eigenvalue weighted by molar-refractivity contribution is -0.136. The topological polar surface area (TPSA) is 78.8 Å². The molecule has 0 aliphatic rings. The highest BCUT2D eigenvalue weighted by Crippen LogP contribution is 2.16. The average molecular weight is 259 g/mol. The van der Waals surface area contributed by atoms with Crippen molar-refractivity contribution in [1.29, 1.82) is 0 Å². The van der Waals surface area contributed by atoms with Gasteiger partial charge in [-0.1, -0.05) is 0 Å². The normalized spacial score (nSPS) is 12.6. The first kappa shape index (κ1) is 14.1. The van der Waals surface area contributed by atoms with Crippen molar-refractivity contribution in [3.05, 3.63) is 21.9 Å². The van der Waals surface area contributed by atoms with Gasteiger partial charge in [0.05, 0.1) is 19.1 Å². The summed E-state index contributed by atoms with van der Waals surface area (Å²) < 4.78 is 4.80. The van der Waals surface area contributed by atoms with Crippen molar-refractivity contribution in [3.63, 3.8) is 0 Å². The van der Waals surface area contributed by atoms with Crippen LogP contribution in [-0.2, 0) is 22.5 Å². The summed E-state index contributed by atoms with van der Waals surface area (Å²) >= 11 is 1.47. The van der Waals surface area contributed by atoms with E-state index in [9.17, 15) is 9.90 Å². The van der Waals surface area contributed by atoms with Gasteiger partial charge in [0.15, 0.2) is 0 Å². The van der Waals surface area contributed by atoms with Crippen LogP contribution in [0.5, 0.6) is 0 Å². The van der Waals surface area contributed by atoms with E-state index in [1.807, 2.05) is 12.1 Å². The Morgan fingerprint density at radius 3 is 2.88 bits per heavy atom. The molecule has 5 nitrogen and oxygen atoms in total. The smallest absolute Gasteiger partial charge is 0.308 e. The second kappa shape index (κ2) is 7.39.